The monoisotopic (exact) mass is 290 g/mol. The van der Waals surface area contributed by atoms with Crippen LogP contribution in [0, 0.1) is 13.8 Å². The molecule has 1 unspecified atom stereocenters. The highest BCUT2D eigenvalue weighted by molar-refractivity contribution is 5.52. The molecular weight excluding hydrogens is 260 g/mol. The van der Waals surface area contributed by atoms with Gasteiger partial charge in [-0.05, 0) is 59.0 Å². The Morgan fingerprint density at radius 2 is 2.10 bits per heavy atom. The van der Waals surface area contributed by atoms with Gasteiger partial charge in [0.2, 0.25) is 0 Å². The molecule has 1 fully saturated rings. The molecule has 0 spiro atoms. The molecular formula is C17H30N4. The Morgan fingerprint density at radius 3 is 2.76 bits per heavy atom. The molecule has 1 aliphatic heterocycles. The number of pyridine rings is 1. The zero-order valence-corrected chi connectivity index (χ0v) is 14.2. The third kappa shape index (κ3) is 3.74. The summed E-state index contributed by atoms with van der Waals surface area (Å²) in [4.78, 5) is 9.91. The van der Waals surface area contributed by atoms with Crippen LogP contribution in [0.5, 0.6) is 0 Å². The summed E-state index contributed by atoms with van der Waals surface area (Å²) in [5.74, 6) is 1.20. The maximum absolute atomic E-state index is 4.91. The summed E-state index contributed by atoms with van der Waals surface area (Å²) in [6.07, 6.45) is 2.37. The lowest BCUT2D eigenvalue weighted by molar-refractivity contribution is 0.327. The van der Waals surface area contributed by atoms with Crippen LogP contribution < -0.4 is 10.2 Å². The van der Waals surface area contributed by atoms with Gasteiger partial charge in [0.1, 0.15) is 5.82 Å². The zero-order chi connectivity index (χ0) is 15.4. The number of nitrogens with zero attached hydrogens (tertiary/aromatic N) is 3. The normalized spacial score (nSPS) is 20.6. The molecule has 0 aliphatic carbocycles. The van der Waals surface area contributed by atoms with Crippen molar-refractivity contribution < 1.29 is 0 Å². The first kappa shape index (κ1) is 16.2. The molecule has 0 aromatic carbocycles. The molecule has 0 radical (unpaired) electrons. The number of rotatable bonds is 4. The fraction of sp³-hybridized carbons (Fsp3) is 0.706. The minimum Gasteiger partial charge on any atom is -0.352 e. The second kappa shape index (κ2) is 7.23. The van der Waals surface area contributed by atoms with Crippen molar-refractivity contribution in [3.63, 3.8) is 0 Å². The van der Waals surface area contributed by atoms with Gasteiger partial charge in [0.25, 0.3) is 0 Å². The molecule has 1 saturated heterocycles. The van der Waals surface area contributed by atoms with Crippen LogP contribution in [-0.2, 0) is 6.54 Å². The molecule has 0 amide bonds. The van der Waals surface area contributed by atoms with Crippen molar-refractivity contribution in [3.8, 4) is 0 Å². The van der Waals surface area contributed by atoms with Crippen LogP contribution in [0.1, 0.15) is 36.6 Å². The molecule has 2 rings (SSSR count). The Bertz CT molecular complexity index is 472. The predicted molar refractivity (Wildman–Crippen MR) is 90.0 cm³/mol. The summed E-state index contributed by atoms with van der Waals surface area (Å²) in [6, 6.07) is 2.75. The van der Waals surface area contributed by atoms with Crippen molar-refractivity contribution in [1.82, 2.24) is 15.2 Å². The van der Waals surface area contributed by atoms with E-state index in [9.17, 15) is 0 Å². The van der Waals surface area contributed by atoms with Crippen LogP contribution in [0.15, 0.2) is 6.07 Å². The Labute approximate surface area is 129 Å². The van der Waals surface area contributed by atoms with Crippen LogP contribution in [0.2, 0.25) is 0 Å². The van der Waals surface area contributed by atoms with Crippen molar-refractivity contribution in [2.24, 2.45) is 0 Å². The van der Waals surface area contributed by atoms with Crippen LogP contribution in [0.3, 0.4) is 0 Å². The highest BCUT2D eigenvalue weighted by Crippen LogP contribution is 2.27. The molecule has 118 valence electrons. The smallest absolute Gasteiger partial charge is 0.133 e. The first-order valence-corrected chi connectivity index (χ1v) is 8.13. The minimum atomic E-state index is 0.557. The average molecular weight is 290 g/mol. The number of nitrogens with one attached hydrogen (secondary N) is 1. The number of hydrogen-bond donors (Lipinski definition) is 1. The van der Waals surface area contributed by atoms with Gasteiger partial charge in [-0.1, -0.05) is 6.92 Å². The quantitative estimate of drug-likeness (QED) is 0.922. The Kier molecular flexibility index (Phi) is 5.59. The van der Waals surface area contributed by atoms with E-state index in [-0.39, 0.29) is 0 Å². The highest BCUT2D eigenvalue weighted by atomic mass is 15.3. The molecule has 1 aromatic rings. The van der Waals surface area contributed by atoms with E-state index in [0.29, 0.717) is 6.04 Å². The van der Waals surface area contributed by atoms with Crippen molar-refractivity contribution in [3.05, 3.63) is 22.9 Å². The SMILES string of the molecule is CCC1CN(C)CCCN1c1nc(C)cc(C)c1CNC. The predicted octanol–water partition coefficient (Wildman–Crippen LogP) is 2.34. The van der Waals surface area contributed by atoms with E-state index < -0.39 is 0 Å². The molecule has 0 bridgehead atoms. The number of anilines is 1. The number of aromatic nitrogens is 1. The van der Waals surface area contributed by atoms with E-state index >= 15 is 0 Å². The van der Waals surface area contributed by atoms with Crippen LogP contribution in [0.25, 0.3) is 0 Å². The van der Waals surface area contributed by atoms with Crippen molar-refractivity contribution in [1.29, 1.82) is 0 Å². The van der Waals surface area contributed by atoms with Gasteiger partial charge in [-0.2, -0.15) is 0 Å². The van der Waals surface area contributed by atoms with Gasteiger partial charge in [-0.3, -0.25) is 0 Å². The van der Waals surface area contributed by atoms with Gasteiger partial charge >= 0.3 is 0 Å². The largest absolute Gasteiger partial charge is 0.352 e. The molecule has 2 heterocycles. The van der Waals surface area contributed by atoms with Crippen LogP contribution in [-0.4, -0.2) is 49.7 Å². The van der Waals surface area contributed by atoms with E-state index in [1.807, 2.05) is 7.05 Å². The van der Waals surface area contributed by atoms with E-state index in [2.05, 4.69) is 49.0 Å². The number of aryl methyl sites for hydroxylation is 2. The first-order chi connectivity index (χ1) is 10.1. The molecule has 4 nitrogen and oxygen atoms in total. The third-order valence-corrected chi connectivity index (χ3v) is 4.45. The molecule has 4 heteroatoms. The van der Waals surface area contributed by atoms with E-state index in [0.717, 1.165) is 31.7 Å². The van der Waals surface area contributed by atoms with Gasteiger partial charge < -0.3 is 15.1 Å². The second-order valence-corrected chi connectivity index (χ2v) is 6.28. The number of hydrogen-bond acceptors (Lipinski definition) is 4. The van der Waals surface area contributed by atoms with Crippen molar-refractivity contribution in [2.45, 2.75) is 46.2 Å². The van der Waals surface area contributed by atoms with Crippen LogP contribution >= 0.6 is 0 Å². The summed E-state index contributed by atoms with van der Waals surface area (Å²) >= 11 is 0. The fourth-order valence-electron chi connectivity index (χ4n) is 3.35. The summed E-state index contributed by atoms with van der Waals surface area (Å²) < 4.78 is 0. The summed E-state index contributed by atoms with van der Waals surface area (Å²) in [7, 11) is 4.24. The van der Waals surface area contributed by atoms with Gasteiger partial charge in [0.15, 0.2) is 0 Å². The standard InChI is InChI=1S/C17H30N4/c1-6-15-12-20(5)8-7-9-21(15)17-16(11-18-4)13(2)10-14(3)19-17/h10,15,18H,6-9,11-12H2,1-5H3. The summed E-state index contributed by atoms with van der Waals surface area (Å²) in [6.45, 7) is 10.9. The second-order valence-electron chi connectivity index (χ2n) is 6.28. The van der Waals surface area contributed by atoms with Gasteiger partial charge in [0, 0.05) is 36.9 Å². The average Bonchev–Trinajstić information content (AvgIpc) is 2.63. The minimum absolute atomic E-state index is 0.557. The topological polar surface area (TPSA) is 31.4 Å². The maximum Gasteiger partial charge on any atom is 0.133 e. The molecule has 0 saturated carbocycles. The van der Waals surface area contributed by atoms with Gasteiger partial charge in [-0.15, -0.1) is 0 Å². The lowest BCUT2D eigenvalue weighted by atomic mass is 10.1. The fourth-order valence-corrected chi connectivity index (χ4v) is 3.35. The Hall–Kier alpha value is -1.13. The van der Waals surface area contributed by atoms with E-state index in [1.165, 1.54) is 29.9 Å². The van der Waals surface area contributed by atoms with E-state index in [4.69, 9.17) is 4.98 Å². The highest BCUT2D eigenvalue weighted by Gasteiger charge is 2.25. The molecule has 1 aliphatic rings. The van der Waals surface area contributed by atoms with Crippen LogP contribution in [0.4, 0.5) is 5.82 Å². The van der Waals surface area contributed by atoms with Crippen molar-refractivity contribution in [2.75, 3.05) is 38.6 Å². The van der Waals surface area contributed by atoms with Crippen molar-refractivity contribution >= 4 is 5.82 Å². The Balaban J connectivity index is 2.42. The molecule has 21 heavy (non-hydrogen) atoms. The summed E-state index contributed by atoms with van der Waals surface area (Å²) in [5.41, 5.74) is 3.82. The summed E-state index contributed by atoms with van der Waals surface area (Å²) in [5, 5.41) is 3.30. The first-order valence-electron chi connectivity index (χ1n) is 8.13. The van der Waals surface area contributed by atoms with Gasteiger partial charge in [0.05, 0.1) is 0 Å². The van der Waals surface area contributed by atoms with Gasteiger partial charge in [-0.25, -0.2) is 4.98 Å². The number of likely N-dealkylation sites (N-methyl/N-ethyl adjacent to an activating group) is 1. The lowest BCUT2D eigenvalue weighted by Crippen LogP contribution is -2.41. The lowest BCUT2D eigenvalue weighted by Gasteiger charge is -2.33. The third-order valence-electron chi connectivity index (χ3n) is 4.45. The zero-order valence-electron chi connectivity index (χ0n) is 14.2. The molecule has 1 N–H and O–H groups in total. The van der Waals surface area contributed by atoms with E-state index in [1.54, 1.807) is 0 Å². The molecule has 1 atom stereocenters. The molecule has 1 aromatic heterocycles. The maximum atomic E-state index is 4.91. The Morgan fingerprint density at radius 1 is 1.33 bits per heavy atom.